The molecule has 2 fully saturated rings. The largest absolute Gasteiger partial charge is 0.337 e. The SMILES string of the molecule is CN1C[C@@H]2CCN(C(=O)CN3CCc4sccc4C3)[C@@H]2C1. The van der Waals surface area contributed by atoms with Crippen molar-refractivity contribution in [2.24, 2.45) is 5.92 Å². The van der Waals surface area contributed by atoms with E-state index in [1.54, 1.807) is 0 Å². The van der Waals surface area contributed by atoms with Crippen LogP contribution in [0.25, 0.3) is 0 Å². The molecule has 3 aliphatic heterocycles. The third-order valence-electron chi connectivity index (χ3n) is 5.30. The fourth-order valence-corrected chi connectivity index (χ4v) is 5.10. The van der Waals surface area contributed by atoms with Crippen LogP contribution >= 0.6 is 11.3 Å². The van der Waals surface area contributed by atoms with E-state index in [1.165, 1.54) is 16.9 Å². The van der Waals surface area contributed by atoms with Gasteiger partial charge in [0.2, 0.25) is 5.91 Å². The van der Waals surface area contributed by atoms with Gasteiger partial charge in [0.1, 0.15) is 0 Å². The van der Waals surface area contributed by atoms with Crippen LogP contribution in [0.3, 0.4) is 0 Å². The van der Waals surface area contributed by atoms with Gasteiger partial charge >= 0.3 is 0 Å². The minimum Gasteiger partial charge on any atom is -0.337 e. The Morgan fingerprint density at radius 2 is 2.29 bits per heavy atom. The van der Waals surface area contributed by atoms with Crippen LogP contribution in [0, 0.1) is 5.92 Å². The van der Waals surface area contributed by atoms with Crippen LogP contribution in [0.2, 0.25) is 0 Å². The number of amides is 1. The number of fused-ring (bicyclic) bond motifs is 2. The average Bonchev–Trinajstić information content (AvgIpc) is 3.12. The van der Waals surface area contributed by atoms with Crippen molar-refractivity contribution < 1.29 is 4.79 Å². The third kappa shape index (κ3) is 2.51. The van der Waals surface area contributed by atoms with E-state index >= 15 is 0 Å². The molecule has 0 bridgehead atoms. The molecule has 0 radical (unpaired) electrons. The van der Waals surface area contributed by atoms with Crippen molar-refractivity contribution in [3.63, 3.8) is 0 Å². The molecule has 4 heterocycles. The molecule has 0 aliphatic carbocycles. The molecule has 0 aromatic carbocycles. The molecule has 114 valence electrons. The first-order valence-corrected chi connectivity index (χ1v) is 8.84. The first-order valence-electron chi connectivity index (χ1n) is 7.96. The van der Waals surface area contributed by atoms with Crippen LogP contribution in [0.15, 0.2) is 11.4 Å². The number of hydrogen-bond acceptors (Lipinski definition) is 4. The van der Waals surface area contributed by atoms with Gasteiger partial charge in [-0.05, 0) is 42.8 Å². The fourth-order valence-electron chi connectivity index (χ4n) is 4.21. The summed E-state index contributed by atoms with van der Waals surface area (Å²) in [6, 6.07) is 2.69. The van der Waals surface area contributed by atoms with Crippen LogP contribution in [-0.4, -0.2) is 66.4 Å². The maximum absolute atomic E-state index is 12.7. The molecule has 21 heavy (non-hydrogen) atoms. The molecule has 0 N–H and O–H groups in total. The molecule has 0 unspecified atom stereocenters. The van der Waals surface area contributed by atoms with E-state index < -0.39 is 0 Å². The molecule has 0 spiro atoms. The van der Waals surface area contributed by atoms with Gasteiger partial charge in [-0.15, -0.1) is 11.3 Å². The molecular formula is C16H23N3OS. The normalized spacial score (nSPS) is 29.7. The summed E-state index contributed by atoms with van der Waals surface area (Å²) in [6.07, 6.45) is 2.30. The van der Waals surface area contributed by atoms with Gasteiger partial charge in [-0.25, -0.2) is 0 Å². The van der Waals surface area contributed by atoms with Crippen molar-refractivity contribution in [3.05, 3.63) is 21.9 Å². The summed E-state index contributed by atoms with van der Waals surface area (Å²) >= 11 is 1.86. The Labute approximate surface area is 130 Å². The Morgan fingerprint density at radius 3 is 3.19 bits per heavy atom. The van der Waals surface area contributed by atoms with Crippen molar-refractivity contribution in [1.82, 2.24) is 14.7 Å². The number of carbonyl (C=O) groups excluding carboxylic acids is 1. The standard InChI is InChI=1S/C16H23N3OS/c1-17-8-12-2-6-19(14(12)10-17)16(20)11-18-5-3-15-13(9-18)4-7-21-15/h4,7,12,14H,2-3,5-6,8-11H2,1H3/t12-,14+/m0/s1. The Balaban J connectivity index is 1.38. The van der Waals surface area contributed by atoms with Crippen LogP contribution < -0.4 is 0 Å². The van der Waals surface area contributed by atoms with E-state index in [9.17, 15) is 4.79 Å². The highest BCUT2D eigenvalue weighted by Crippen LogP contribution is 2.31. The minimum atomic E-state index is 0.344. The molecular weight excluding hydrogens is 282 g/mol. The number of likely N-dealkylation sites (tertiary alicyclic amines) is 2. The van der Waals surface area contributed by atoms with Crippen LogP contribution in [-0.2, 0) is 17.8 Å². The van der Waals surface area contributed by atoms with Crippen molar-refractivity contribution in [2.45, 2.75) is 25.4 Å². The lowest BCUT2D eigenvalue weighted by molar-refractivity contribution is -0.133. The predicted molar refractivity (Wildman–Crippen MR) is 84.4 cm³/mol. The number of nitrogens with zero attached hydrogens (tertiary/aromatic N) is 3. The molecule has 1 aromatic heterocycles. The third-order valence-corrected chi connectivity index (χ3v) is 6.32. The van der Waals surface area contributed by atoms with Gasteiger partial charge in [-0.2, -0.15) is 0 Å². The zero-order chi connectivity index (χ0) is 14.4. The second kappa shape index (κ2) is 5.38. The Hall–Kier alpha value is -0.910. The zero-order valence-electron chi connectivity index (χ0n) is 12.6. The van der Waals surface area contributed by atoms with Gasteiger partial charge in [0.15, 0.2) is 0 Å². The molecule has 2 saturated heterocycles. The summed E-state index contributed by atoms with van der Waals surface area (Å²) in [4.78, 5) is 21.0. The highest BCUT2D eigenvalue weighted by Gasteiger charge is 2.42. The summed E-state index contributed by atoms with van der Waals surface area (Å²) in [7, 11) is 2.17. The van der Waals surface area contributed by atoms with E-state index in [0.29, 0.717) is 24.4 Å². The quantitative estimate of drug-likeness (QED) is 0.823. The number of likely N-dealkylation sites (N-methyl/N-ethyl adjacent to an activating group) is 1. The molecule has 5 heteroatoms. The number of hydrogen-bond donors (Lipinski definition) is 0. The van der Waals surface area contributed by atoms with E-state index in [-0.39, 0.29) is 0 Å². The van der Waals surface area contributed by atoms with Crippen molar-refractivity contribution in [2.75, 3.05) is 39.8 Å². The summed E-state index contributed by atoms with van der Waals surface area (Å²) in [5.41, 5.74) is 1.43. The highest BCUT2D eigenvalue weighted by atomic mass is 32.1. The second-order valence-corrected chi connectivity index (χ2v) is 7.75. The van der Waals surface area contributed by atoms with Gasteiger partial charge in [0.05, 0.1) is 6.54 Å². The molecule has 2 atom stereocenters. The monoisotopic (exact) mass is 305 g/mol. The van der Waals surface area contributed by atoms with Gasteiger partial charge in [-0.1, -0.05) is 0 Å². The van der Waals surface area contributed by atoms with Gasteiger partial charge in [0, 0.05) is 43.6 Å². The first-order chi connectivity index (χ1) is 10.2. The smallest absolute Gasteiger partial charge is 0.237 e. The van der Waals surface area contributed by atoms with Crippen molar-refractivity contribution >= 4 is 17.2 Å². The molecule has 4 rings (SSSR count). The molecule has 1 amide bonds. The Kier molecular flexibility index (Phi) is 3.52. The van der Waals surface area contributed by atoms with Crippen molar-refractivity contribution in [3.8, 4) is 0 Å². The molecule has 0 saturated carbocycles. The summed E-state index contributed by atoms with van der Waals surface area (Å²) in [5, 5.41) is 2.18. The van der Waals surface area contributed by atoms with Crippen LogP contribution in [0.1, 0.15) is 16.9 Å². The highest BCUT2D eigenvalue weighted by molar-refractivity contribution is 7.10. The second-order valence-electron chi connectivity index (χ2n) is 6.75. The lowest BCUT2D eigenvalue weighted by Gasteiger charge is -2.30. The van der Waals surface area contributed by atoms with E-state index in [0.717, 1.165) is 39.1 Å². The fraction of sp³-hybridized carbons (Fsp3) is 0.688. The van der Waals surface area contributed by atoms with E-state index in [4.69, 9.17) is 0 Å². The maximum Gasteiger partial charge on any atom is 0.237 e. The van der Waals surface area contributed by atoms with Gasteiger partial charge < -0.3 is 9.80 Å². The Morgan fingerprint density at radius 1 is 1.38 bits per heavy atom. The number of thiophene rings is 1. The number of carbonyl (C=O) groups is 1. The first kappa shape index (κ1) is 13.7. The summed E-state index contributed by atoms with van der Waals surface area (Å²) < 4.78 is 0. The predicted octanol–water partition coefficient (Wildman–Crippen LogP) is 1.27. The van der Waals surface area contributed by atoms with Crippen LogP contribution in [0.5, 0.6) is 0 Å². The minimum absolute atomic E-state index is 0.344. The van der Waals surface area contributed by atoms with Gasteiger partial charge in [0.25, 0.3) is 0 Å². The summed E-state index contributed by atoms with van der Waals surface area (Å²) in [5.74, 6) is 1.06. The van der Waals surface area contributed by atoms with Crippen LogP contribution in [0.4, 0.5) is 0 Å². The molecule has 4 nitrogen and oxygen atoms in total. The van der Waals surface area contributed by atoms with E-state index in [2.05, 4.69) is 33.2 Å². The lowest BCUT2D eigenvalue weighted by atomic mass is 10.1. The maximum atomic E-state index is 12.7. The average molecular weight is 305 g/mol. The molecule has 3 aliphatic rings. The van der Waals surface area contributed by atoms with Crippen molar-refractivity contribution in [1.29, 1.82) is 0 Å². The lowest BCUT2D eigenvalue weighted by Crippen LogP contribution is -2.45. The topological polar surface area (TPSA) is 26.8 Å². The van der Waals surface area contributed by atoms with Gasteiger partial charge in [-0.3, -0.25) is 9.69 Å². The van der Waals surface area contributed by atoms with E-state index in [1.807, 2.05) is 11.3 Å². The molecule has 1 aromatic rings. The summed E-state index contributed by atoms with van der Waals surface area (Å²) in [6.45, 7) is 5.77. The number of rotatable bonds is 2. The Bertz CT molecular complexity index is 543. The zero-order valence-corrected chi connectivity index (χ0v) is 13.4.